The van der Waals surface area contributed by atoms with E-state index in [4.69, 9.17) is 15.5 Å². The molecule has 2 heterocycles. The number of hydrogen-bond donors (Lipinski definition) is 1. The summed E-state index contributed by atoms with van der Waals surface area (Å²) in [6.45, 7) is 13.3. The largest absolute Gasteiger partial charge is 0.378 e. The predicted molar refractivity (Wildman–Crippen MR) is 88.1 cm³/mol. The van der Waals surface area contributed by atoms with E-state index in [0.717, 1.165) is 48.9 Å². The second kappa shape index (κ2) is 6.24. The van der Waals surface area contributed by atoms with E-state index in [1.807, 2.05) is 34.6 Å². The second-order valence-electron chi connectivity index (χ2n) is 7.10. The molecule has 1 aliphatic rings. The highest BCUT2D eigenvalue weighted by Crippen LogP contribution is 2.38. The fourth-order valence-electron chi connectivity index (χ4n) is 3.21. The molecule has 1 aromatic heterocycles. The Hall–Kier alpha value is -1.62. The molecule has 0 saturated carbocycles. The minimum atomic E-state index is -0.335. The van der Waals surface area contributed by atoms with Gasteiger partial charge in [0.15, 0.2) is 0 Å². The first-order valence-electron chi connectivity index (χ1n) is 7.82. The molecule has 1 unspecified atom stereocenters. The molecule has 2 rings (SSSR count). The number of aromatic nitrogens is 1. The van der Waals surface area contributed by atoms with Gasteiger partial charge in [-0.15, -0.1) is 0 Å². The fourth-order valence-corrected chi connectivity index (χ4v) is 3.21. The number of morpholine rings is 1. The number of anilines is 1. The van der Waals surface area contributed by atoms with Crippen molar-refractivity contribution >= 4 is 11.7 Å². The molecule has 0 radical (unpaired) electrons. The summed E-state index contributed by atoms with van der Waals surface area (Å²) in [6.07, 6.45) is 0. The highest BCUT2D eigenvalue weighted by Gasteiger charge is 2.34. The third kappa shape index (κ3) is 3.40. The van der Waals surface area contributed by atoms with Crippen LogP contribution in [0, 0.1) is 19.3 Å². The predicted octanol–water partition coefficient (Wildman–Crippen LogP) is 2.15. The van der Waals surface area contributed by atoms with E-state index in [2.05, 4.69) is 11.0 Å². The second-order valence-corrected chi connectivity index (χ2v) is 7.10. The smallest absolute Gasteiger partial charge is 0.225 e. The van der Waals surface area contributed by atoms with E-state index in [0.29, 0.717) is 0 Å². The first-order chi connectivity index (χ1) is 10.2. The highest BCUT2D eigenvalue weighted by atomic mass is 16.5. The van der Waals surface area contributed by atoms with Crippen LogP contribution in [0.3, 0.4) is 0 Å². The number of aryl methyl sites for hydroxylation is 2. The summed E-state index contributed by atoms with van der Waals surface area (Å²) in [5.74, 6) is 0.331. The third-order valence-electron chi connectivity index (χ3n) is 4.22. The minimum absolute atomic E-state index is 0.233. The number of carbonyl (C=O) groups is 1. The van der Waals surface area contributed by atoms with E-state index < -0.39 is 0 Å². The molecule has 0 spiro atoms. The van der Waals surface area contributed by atoms with Crippen LogP contribution in [0.5, 0.6) is 0 Å². The van der Waals surface area contributed by atoms with Gasteiger partial charge in [0, 0.05) is 18.8 Å². The van der Waals surface area contributed by atoms with Crippen molar-refractivity contribution in [3.8, 4) is 0 Å². The van der Waals surface area contributed by atoms with Crippen molar-refractivity contribution in [3.05, 3.63) is 22.9 Å². The van der Waals surface area contributed by atoms with Crippen molar-refractivity contribution in [2.45, 2.75) is 40.5 Å². The lowest BCUT2D eigenvalue weighted by Gasteiger charge is -2.32. The fraction of sp³-hybridized carbons (Fsp3) is 0.647. The molecule has 0 bridgehead atoms. The quantitative estimate of drug-likeness (QED) is 0.929. The number of hydrogen-bond acceptors (Lipinski definition) is 4. The summed E-state index contributed by atoms with van der Waals surface area (Å²) >= 11 is 0. The average Bonchev–Trinajstić information content (AvgIpc) is 2.41. The number of rotatable bonds is 3. The van der Waals surface area contributed by atoms with Crippen LogP contribution in [-0.2, 0) is 9.53 Å². The summed E-state index contributed by atoms with van der Waals surface area (Å²) in [6, 6.07) is 2.06. The van der Waals surface area contributed by atoms with Gasteiger partial charge < -0.3 is 15.4 Å². The molecule has 122 valence electrons. The van der Waals surface area contributed by atoms with Gasteiger partial charge >= 0.3 is 0 Å². The number of nitrogens with two attached hydrogens (primary N) is 1. The Labute approximate surface area is 132 Å². The molecular formula is C17H27N3O2. The average molecular weight is 305 g/mol. The Bertz CT molecular complexity index is 535. The van der Waals surface area contributed by atoms with Gasteiger partial charge in [-0.05, 0) is 36.5 Å². The van der Waals surface area contributed by atoms with Crippen LogP contribution in [0.1, 0.15) is 43.5 Å². The van der Waals surface area contributed by atoms with Gasteiger partial charge in [-0.2, -0.15) is 0 Å². The van der Waals surface area contributed by atoms with E-state index in [1.165, 1.54) is 0 Å². The highest BCUT2D eigenvalue weighted by molar-refractivity contribution is 5.83. The van der Waals surface area contributed by atoms with Gasteiger partial charge in [0.05, 0.1) is 19.1 Å². The minimum Gasteiger partial charge on any atom is -0.378 e. The van der Waals surface area contributed by atoms with Crippen LogP contribution < -0.4 is 10.6 Å². The van der Waals surface area contributed by atoms with Crippen molar-refractivity contribution in [2.24, 2.45) is 11.1 Å². The number of amides is 1. The summed E-state index contributed by atoms with van der Waals surface area (Å²) in [5, 5.41) is 0. The molecule has 2 N–H and O–H groups in total. The number of pyridine rings is 1. The SMILES string of the molecule is Cc1cc(N2CCOCC2)nc(C)c1C(C(N)=O)C(C)(C)C. The molecule has 1 fully saturated rings. The Balaban J connectivity index is 2.43. The Kier molecular flexibility index (Phi) is 4.75. The molecule has 1 saturated heterocycles. The number of nitrogens with zero attached hydrogens (tertiary/aromatic N) is 2. The lowest BCUT2D eigenvalue weighted by molar-refractivity contribution is -0.121. The van der Waals surface area contributed by atoms with Crippen molar-refractivity contribution in [3.63, 3.8) is 0 Å². The number of primary amides is 1. The third-order valence-corrected chi connectivity index (χ3v) is 4.22. The van der Waals surface area contributed by atoms with Gasteiger partial charge in [0.25, 0.3) is 0 Å². The molecule has 0 aromatic carbocycles. The van der Waals surface area contributed by atoms with E-state index >= 15 is 0 Å². The molecule has 22 heavy (non-hydrogen) atoms. The molecule has 1 atom stereocenters. The summed E-state index contributed by atoms with van der Waals surface area (Å²) in [4.78, 5) is 19.0. The Morgan fingerprint density at radius 3 is 2.36 bits per heavy atom. The number of carbonyl (C=O) groups excluding carboxylic acids is 1. The van der Waals surface area contributed by atoms with Gasteiger partial charge in [-0.1, -0.05) is 20.8 Å². The van der Waals surface area contributed by atoms with Crippen LogP contribution in [0.4, 0.5) is 5.82 Å². The van der Waals surface area contributed by atoms with E-state index in [1.54, 1.807) is 0 Å². The molecule has 5 heteroatoms. The van der Waals surface area contributed by atoms with Crippen LogP contribution in [0.25, 0.3) is 0 Å². The monoisotopic (exact) mass is 305 g/mol. The Morgan fingerprint density at radius 2 is 1.91 bits per heavy atom. The normalized spacial score (nSPS) is 17.4. The van der Waals surface area contributed by atoms with E-state index in [-0.39, 0.29) is 17.2 Å². The first-order valence-corrected chi connectivity index (χ1v) is 7.82. The molecular weight excluding hydrogens is 278 g/mol. The van der Waals surface area contributed by atoms with Gasteiger partial charge in [0.1, 0.15) is 5.82 Å². The molecule has 1 aliphatic heterocycles. The zero-order chi connectivity index (χ0) is 16.5. The maximum absolute atomic E-state index is 12.0. The lowest BCUT2D eigenvalue weighted by atomic mass is 9.74. The molecule has 5 nitrogen and oxygen atoms in total. The van der Waals surface area contributed by atoms with Crippen LogP contribution in [-0.4, -0.2) is 37.2 Å². The summed E-state index contributed by atoms with van der Waals surface area (Å²) in [5.41, 5.74) is 8.38. The molecule has 1 aromatic rings. The van der Waals surface area contributed by atoms with E-state index in [9.17, 15) is 4.79 Å². The summed E-state index contributed by atoms with van der Waals surface area (Å²) < 4.78 is 5.39. The maximum atomic E-state index is 12.0. The van der Waals surface area contributed by atoms with Gasteiger partial charge in [-0.25, -0.2) is 4.98 Å². The zero-order valence-corrected chi connectivity index (χ0v) is 14.3. The van der Waals surface area contributed by atoms with Crippen LogP contribution in [0.15, 0.2) is 6.07 Å². The topological polar surface area (TPSA) is 68.4 Å². The Morgan fingerprint density at radius 1 is 1.32 bits per heavy atom. The van der Waals surface area contributed by atoms with Crippen LogP contribution >= 0.6 is 0 Å². The molecule has 0 aliphatic carbocycles. The van der Waals surface area contributed by atoms with Crippen molar-refractivity contribution < 1.29 is 9.53 Å². The zero-order valence-electron chi connectivity index (χ0n) is 14.3. The maximum Gasteiger partial charge on any atom is 0.225 e. The molecule has 1 amide bonds. The van der Waals surface area contributed by atoms with Crippen molar-refractivity contribution in [1.82, 2.24) is 4.98 Å². The van der Waals surface area contributed by atoms with Crippen molar-refractivity contribution in [2.75, 3.05) is 31.2 Å². The van der Waals surface area contributed by atoms with Crippen molar-refractivity contribution in [1.29, 1.82) is 0 Å². The van der Waals surface area contributed by atoms with Crippen LogP contribution in [0.2, 0.25) is 0 Å². The first kappa shape index (κ1) is 16.7. The summed E-state index contributed by atoms with van der Waals surface area (Å²) in [7, 11) is 0. The standard InChI is InChI=1S/C17H27N3O2/c1-11-10-13(20-6-8-22-9-7-20)19-12(2)14(11)15(16(18)21)17(3,4)5/h10,15H,6-9H2,1-5H3,(H2,18,21). The van der Waals surface area contributed by atoms with Gasteiger partial charge in [0.2, 0.25) is 5.91 Å². The number of ether oxygens (including phenoxy) is 1. The lowest BCUT2D eigenvalue weighted by Crippen LogP contribution is -2.37. The van der Waals surface area contributed by atoms with Gasteiger partial charge in [-0.3, -0.25) is 4.79 Å².